The van der Waals surface area contributed by atoms with E-state index >= 15 is 0 Å². The van der Waals surface area contributed by atoms with Crippen LogP contribution in [0.3, 0.4) is 0 Å². The van der Waals surface area contributed by atoms with Crippen molar-refractivity contribution in [3.8, 4) is 5.75 Å². The summed E-state index contributed by atoms with van der Waals surface area (Å²) in [7, 11) is 0. The van der Waals surface area contributed by atoms with E-state index in [0.29, 0.717) is 19.7 Å². The Balaban J connectivity index is 1.53. The summed E-state index contributed by atoms with van der Waals surface area (Å²) in [5, 5.41) is 3.98. The van der Waals surface area contributed by atoms with E-state index in [1.165, 1.54) is 0 Å². The molecule has 0 atom stereocenters. The van der Waals surface area contributed by atoms with Gasteiger partial charge in [-0.15, -0.1) is 0 Å². The zero-order chi connectivity index (χ0) is 19.1. The molecule has 1 heterocycles. The maximum Gasteiger partial charge on any atom is 0.318 e. The van der Waals surface area contributed by atoms with Crippen molar-refractivity contribution in [2.75, 3.05) is 13.2 Å². The first-order chi connectivity index (χ1) is 13.1. The first kappa shape index (κ1) is 18.7. The summed E-state index contributed by atoms with van der Waals surface area (Å²) in [5.74, 6) is 0.729. The van der Waals surface area contributed by atoms with Crippen LogP contribution in [-0.2, 0) is 6.54 Å². The van der Waals surface area contributed by atoms with Crippen LogP contribution in [0.4, 0.5) is 4.79 Å². The van der Waals surface area contributed by atoms with Gasteiger partial charge in [0.05, 0.1) is 6.54 Å². The highest BCUT2D eigenvalue weighted by Gasteiger charge is 2.16. The predicted octanol–water partition coefficient (Wildman–Crippen LogP) is 4.23. The van der Waals surface area contributed by atoms with Gasteiger partial charge in [0.15, 0.2) is 0 Å². The molecule has 0 spiro atoms. The molecule has 0 saturated heterocycles. The Kier molecular flexibility index (Phi) is 6.26. The van der Waals surface area contributed by atoms with Gasteiger partial charge in [0.25, 0.3) is 0 Å². The number of benzene rings is 2. The number of hydrogen-bond donors (Lipinski definition) is 1. The lowest BCUT2D eigenvalue weighted by Crippen LogP contribution is -2.44. The number of fused-ring (bicyclic) bond motifs is 1. The minimum Gasteiger partial charge on any atom is -0.489 e. The van der Waals surface area contributed by atoms with Crippen LogP contribution in [0.15, 0.2) is 66.9 Å². The van der Waals surface area contributed by atoms with Gasteiger partial charge in [-0.05, 0) is 31.5 Å². The van der Waals surface area contributed by atoms with Gasteiger partial charge < -0.3 is 15.0 Å². The van der Waals surface area contributed by atoms with Crippen molar-refractivity contribution in [2.24, 2.45) is 0 Å². The zero-order valence-electron chi connectivity index (χ0n) is 15.8. The fourth-order valence-electron chi connectivity index (χ4n) is 2.88. The maximum atomic E-state index is 12.6. The Labute approximate surface area is 160 Å². The van der Waals surface area contributed by atoms with Gasteiger partial charge >= 0.3 is 6.03 Å². The molecule has 0 radical (unpaired) electrons. The minimum absolute atomic E-state index is 0.0894. The largest absolute Gasteiger partial charge is 0.489 e. The van der Waals surface area contributed by atoms with Crippen molar-refractivity contribution >= 4 is 16.9 Å². The van der Waals surface area contributed by atoms with Crippen LogP contribution in [0.2, 0.25) is 0 Å². The number of carbonyl (C=O) groups excluding carboxylic acids is 1. The Bertz CT molecular complexity index is 876. The van der Waals surface area contributed by atoms with Crippen molar-refractivity contribution in [2.45, 2.75) is 26.4 Å². The van der Waals surface area contributed by atoms with Crippen molar-refractivity contribution in [1.29, 1.82) is 0 Å². The number of rotatable bonds is 7. The number of urea groups is 1. The van der Waals surface area contributed by atoms with Gasteiger partial charge in [0.1, 0.15) is 17.9 Å². The van der Waals surface area contributed by atoms with E-state index < -0.39 is 0 Å². The number of pyridine rings is 1. The summed E-state index contributed by atoms with van der Waals surface area (Å²) in [4.78, 5) is 18.7. The highest BCUT2D eigenvalue weighted by atomic mass is 16.5. The number of nitrogens with one attached hydrogen (secondary N) is 1. The van der Waals surface area contributed by atoms with Crippen molar-refractivity contribution in [3.63, 3.8) is 0 Å². The second-order valence-corrected chi connectivity index (χ2v) is 6.62. The van der Waals surface area contributed by atoms with Crippen LogP contribution in [-0.4, -0.2) is 35.1 Å². The normalized spacial score (nSPS) is 10.8. The summed E-state index contributed by atoms with van der Waals surface area (Å²) in [6, 6.07) is 19.8. The van der Waals surface area contributed by atoms with Crippen molar-refractivity contribution in [1.82, 2.24) is 15.2 Å². The summed E-state index contributed by atoms with van der Waals surface area (Å²) in [6.07, 6.45) is 1.75. The number of para-hydroxylation sites is 1. The number of amides is 2. The van der Waals surface area contributed by atoms with Crippen LogP contribution in [0, 0.1) is 0 Å². The number of ether oxygens (including phenoxy) is 1. The van der Waals surface area contributed by atoms with Gasteiger partial charge in [-0.25, -0.2) is 4.79 Å². The van der Waals surface area contributed by atoms with Gasteiger partial charge in [0.2, 0.25) is 0 Å². The van der Waals surface area contributed by atoms with Crippen LogP contribution in [0.1, 0.15) is 19.4 Å². The van der Waals surface area contributed by atoms with Crippen molar-refractivity contribution < 1.29 is 9.53 Å². The number of aromatic nitrogens is 1. The van der Waals surface area contributed by atoms with E-state index in [1.807, 2.05) is 79.4 Å². The molecule has 3 aromatic rings. The lowest BCUT2D eigenvalue weighted by atomic mass is 10.2. The van der Waals surface area contributed by atoms with E-state index in [4.69, 9.17) is 4.74 Å². The molecule has 27 heavy (non-hydrogen) atoms. The summed E-state index contributed by atoms with van der Waals surface area (Å²) >= 11 is 0. The molecule has 1 N–H and O–H groups in total. The highest BCUT2D eigenvalue weighted by molar-refractivity contribution is 5.84. The molecule has 0 bridgehead atoms. The SMILES string of the molecule is CC(C)N(Cc1ccccc1)C(=O)NCCOc1cccc2cccnc12. The number of nitrogens with zero attached hydrogens (tertiary/aromatic N) is 2. The van der Waals surface area contributed by atoms with E-state index in [1.54, 1.807) is 6.20 Å². The molecule has 0 fully saturated rings. The molecule has 1 aromatic heterocycles. The Morgan fingerprint density at radius 1 is 1.07 bits per heavy atom. The molecule has 0 unspecified atom stereocenters. The lowest BCUT2D eigenvalue weighted by Gasteiger charge is -2.27. The molecule has 3 rings (SSSR count). The molecule has 0 aliphatic carbocycles. The average molecular weight is 363 g/mol. The van der Waals surface area contributed by atoms with Crippen LogP contribution in [0.25, 0.3) is 10.9 Å². The first-order valence-corrected chi connectivity index (χ1v) is 9.20. The average Bonchev–Trinajstić information content (AvgIpc) is 2.70. The molecule has 140 valence electrons. The second-order valence-electron chi connectivity index (χ2n) is 6.62. The molecule has 5 nitrogen and oxygen atoms in total. The molecular formula is C22H25N3O2. The van der Waals surface area contributed by atoms with Crippen LogP contribution < -0.4 is 10.1 Å². The topological polar surface area (TPSA) is 54.5 Å². The molecular weight excluding hydrogens is 338 g/mol. The predicted molar refractivity (Wildman–Crippen MR) is 108 cm³/mol. The van der Waals surface area contributed by atoms with Crippen LogP contribution >= 0.6 is 0 Å². The number of hydrogen-bond acceptors (Lipinski definition) is 3. The second kappa shape index (κ2) is 9.03. The van der Waals surface area contributed by atoms with Gasteiger partial charge in [0, 0.05) is 24.2 Å². The summed E-state index contributed by atoms with van der Waals surface area (Å²) in [6.45, 7) is 5.43. The monoisotopic (exact) mass is 363 g/mol. The molecule has 2 amide bonds. The Morgan fingerprint density at radius 2 is 1.85 bits per heavy atom. The molecule has 0 aliphatic heterocycles. The third-order valence-corrected chi connectivity index (χ3v) is 4.31. The van der Waals surface area contributed by atoms with E-state index in [2.05, 4.69) is 10.3 Å². The fourth-order valence-corrected chi connectivity index (χ4v) is 2.88. The van der Waals surface area contributed by atoms with Gasteiger partial charge in [-0.3, -0.25) is 4.98 Å². The van der Waals surface area contributed by atoms with Crippen LogP contribution in [0.5, 0.6) is 5.75 Å². The third kappa shape index (κ3) is 4.97. The highest BCUT2D eigenvalue weighted by Crippen LogP contribution is 2.22. The molecule has 0 aliphatic rings. The Hall–Kier alpha value is -3.08. The first-order valence-electron chi connectivity index (χ1n) is 9.20. The molecule has 0 saturated carbocycles. The smallest absolute Gasteiger partial charge is 0.318 e. The fraction of sp³-hybridized carbons (Fsp3) is 0.273. The quantitative estimate of drug-likeness (QED) is 0.639. The Morgan fingerprint density at radius 3 is 2.63 bits per heavy atom. The van der Waals surface area contributed by atoms with E-state index in [0.717, 1.165) is 22.2 Å². The molecule has 5 heteroatoms. The zero-order valence-corrected chi connectivity index (χ0v) is 15.8. The maximum absolute atomic E-state index is 12.6. The third-order valence-electron chi connectivity index (χ3n) is 4.31. The summed E-state index contributed by atoms with van der Waals surface area (Å²) in [5.41, 5.74) is 1.94. The van der Waals surface area contributed by atoms with E-state index in [-0.39, 0.29) is 12.1 Å². The lowest BCUT2D eigenvalue weighted by molar-refractivity contribution is 0.177. The van der Waals surface area contributed by atoms with Gasteiger partial charge in [-0.1, -0.05) is 48.5 Å². The van der Waals surface area contributed by atoms with Crippen molar-refractivity contribution in [3.05, 3.63) is 72.4 Å². The van der Waals surface area contributed by atoms with E-state index in [9.17, 15) is 4.79 Å². The summed E-state index contributed by atoms with van der Waals surface area (Å²) < 4.78 is 5.83. The minimum atomic E-state index is -0.0894. The number of carbonyl (C=O) groups is 1. The standard InChI is InChI=1S/C22H25N3O2/c1-17(2)25(16-18-8-4-3-5-9-18)22(26)24-14-15-27-20-12-6-10-19-11-7-13-23-21(19)20/h3-13,17H,14-16H2,1-2H3,(H,24,26). The molecule has 2 aromatic carbocycles. The van der Waals surface area contributed by atoms with Gasteiger partial charge in [-0.2, -0.15) is 0 Å².